The van der Waals surface area contributed by atoms with E-state index in [4.69, 9.17) is 10.5 Å². The van der Waals surface area contributed by atoms with E-state index in [-0.39, 0.29) is 6.04 Å². The van der Waals surface area contributed by atoms with Crippen molar-refractivity contribution in [1.82, 2.24) is 0 Å². The Bertz CT molecular complexity index is 93.8. The summed E-state index contributed by atoms with van der Waals surface area (Å²) >= 11 is 0. The minimum Gasteiger partial charge on any atom is -0.380 e. The molecule has 0 bridgehead atoms. The molecule has 0 aromatic carbocycles. The molecule has 2 N–H and O–H groups in total. The second-order valence-electron chi connectivity index (χ2n) is 3.69. The van der Waals surface area contributed by atoms with Crippen molar-refractivity contribution in [2.75, 3.05) is 13.2 Å². The topological polar surface area (TPSA) is 35.2 Å². The molecule has 0 fully saturated rings. The Morgan fingerprint density at radius 1 is 1.25 bits per heavy atom. The highest BCUT2D eigenvalue weighted by Crippen LogP contribution is 2.00. The van der Waals surface area contributed by atoms with Gasteiger partial charge >= 0.3 is 0 Å². The van der Waals surface area contributed by atoms with Crippen molar-refractivity contribution in [3.63, 3.8) is 0 Å². The third kappa shape index (κ3) is 6.62. The molecule has 12 heavy (non-hydrogen) atoms. The Balaban J connectivity index is 3.08. The molecule has 0 heterocycles. The molecule has 0 radical (unpaired) electrons. The highest BCUT2D eigenvalue weighted by Gasteiger charge is 2.06. The average Bonchev–Trinajstić information content (AvgIpc) is 2.03. The fraction of sp³-hybridized carbons (Fsp3) is 1.00. The van der Waals surface area contributed by atoms with Gasteiger partial charge < -0.3 is 10.5 Å². The highest BCUT2D eigenvalue weighted by atomic mass is 16.5. The number of hydrogen-bond acceptors (Lipinski definition) is 2. The van der Waals surface area contributed by atoms with Crippen molar-refractivity contribution in [3.8, 4) is 0 Å². The quantitative estimate of drug-likeness (QED) is 0.599. The fourth-order valence-corrected chi connectivity index (χ4v) is 0.866. The van der Waals surface area contributed by atoms with Crippen LogP contribution in [0.15, 0.2) is 0 Å². The summed E-state index contributed by atoms with van der Waals surface area (Å²) in [6.45, 7) is 8.02. The Morgan fingerprint density at radius 2 is 1.92 bits per heavy atom. The van der Waals surface area contributed by atoms with Gasteiger partial charge in [-0.2, -0.15) is 0 Å². The summed E-state index contributed by atoms with van der Waals surface area (Å²) in [5, 5.41) is 0. The first-order valence-corrected chi connectivity index (χ1v) is 5.01. The molecular formula is C10H23NO. The molecule has 0 amide bonds. The minimum atomic E-state index is 0.201. The molecule has 1 atom stereocenters. The van der Waals surface area contributed by atoms with E-state index < -0.39 is 0 Å². The number of rotatable bonds is 7. The summed E-state index contributed by atoms with van der Waals surface area (Å²) in [6.07, 6.45) is 3.68. The zero-order valence-corrected chi connectivity index (χ0v) is 8.68. The van der Waals surface area contributed by atoms with Crippen molar-refractivity contribution in [2.45, 2.75) is 46.1 Å². The molecule has 0 rings (SSSR count). The molecular weight excluding hydrogens is 150 g/mol. The molecule has 0 aliphatic rings. The van der Waals surface area contributed by atoms with Gasteiger partial charge in [0.15, 0.2) is 0 Å². The first-order chi connectivity index (χ1) is 5.68. The van der Waals surface area contributed by atoms with Gasteiger partial charge in [-0.1, -0.05) is 33.6 Å². The molecule has 0 saturated carbocycles. The maximum Gasteiger partial charge on any atom is 0.0619 e. The summed E-state index contributed by atoms with van der Waals surface area (Å²) < 4.78 is 5.43. The zero-order chi connectivity index (χ0) is 9.40. The third-order valence-corrected chi connectivity index (χ3v) is 2.06. The van der Waals surface area contributed by atoms with Crippen LogP contribution in [0.25, 0.3) is 0 Å². The Labute approximate surface area is 76.5 Å². The predicted molar refractivity (Wildman–Crippen MR) is 53.2 cm³/mol. The Kier molecular flexibility index (Phi) is 7.51. The van der Waals surface area contributed by atoms with Crippen LogP contribution < -0.4 is 5.73 Å². The number of unbranched alkanes of at least 4 members (excludes halogenated alkanes) is 2. The maximum atomic E-state index is 5.81. The van der Waals surface area contributed by atoms with Gasteiger partial charge in [-0.15, -0.1) is 0 Å². The molecule has 0 aliphatic heterocycles. The van der Waals surface area contributed by atoms with Crippen molar-refractivity contribution in [2.24, 2.45) is 11.7 Å². The first kappa shape index (κ1) is 11.9. The molecule has 2 nitrogen and oxygen atoms in total. The monoisotopic (exact) mass is 173 g/mol. The van der Waals surface area contributed by atoms with E-state index in [0.717, 1.165) is 6.61 Å². The van der Waals surface area contributed by atoms with E-state index in [1.165, 1.54) is 19.3 Å². The number of hydrogen-bond donors (Lipinski definition) is 1. The SMILES string of the molecule is CCCCCOCC(N)C(C)C. The fourth-order valence-electron chi connectivity index (χ4n) is 0.866. The smallest absolute Gasteiger partial charge is 0.0619 e. The van der Waals surface area contributed by atoms with Crippen LogP contribution in [-0.2, 0) is 4.74 Å². The van der Waals surface area contributed by atoms with Crippen molar-refractivity contribution >= 4 is 0 Å². The van der Waals surface area contributed by atoms with E-state index in [1.54, 1.807) is 0 Å². The highest BCUT2D eigenvalue weighted by molar-refractivity contribution is 4.63. The lowest BCUT2D eigenvalue weighted by Crippen LogP contribution is -2.31. The summed E-state index contributed by atoms with van der Waals surface area (Å²) in [6, 6.07) is 0.201. The Morgan fingerprint density at radius 3 is 2.42 bits per heavy atom. The van der Waals surface area contributed by atoms with Gasteiger partial charge in [0, 0.05) is 12.6 Å². The molecule has 0 spiro atoms. The molecule has 1 unspecified atom stereocenters. The van der Waals surface area contributed by atoms with Crippen LogP contribution in [0.4, 0.5) is 0 Å². The second-order valence-corrected chi connectivity index (χ2v) is 3.69. The van der Waals surface area contributed by atoms with Gasteiger partial charge in [0.05, 0.1) is 6.61 Å². The van der Waals surface area contributed by atoms with Crippen LogP contribution >= 0.6 is 0 Å². The molecule has 2 heteroatoms. The van der Waals surface area contributed by atoms with Gasteiger partial charge in [-0.25, -0.2) is 0 Å². The van der Waals surface area contributed by atoms with Crippen LogP contribution in [0.5, 0.6) is 0 Å². The molecule has 74 valence electrons. The van der Waals surface area contributed by atoms with Gasteiger partial charge in [-0.05, 0) is 12.3 Å². The van der Waals surface area contributed by atoms with E-state index in [9.17, 15) is 0 Å². The first-order valence-electron chi connectivity index (χ1n) is 5.01. The number of nitrogens with two attached hydrogens (primary N) is 1. The van der Waals surface area contributed by atoms with Gasteiger partial charge in [0.2, 0.25) is 0 Å². The van der Waals surface area contributed by atoms with Crippen LogP contribution in [0, 0.1) is 5.92 Å². The lowest BCUT2D eigenvalue weighted by atomic mass is 10.1. The minimum absolute atomic E-state index is 0.201. The largest absolute Gasteiger partial charge is 0.380 e. The zero-order valence-electron chi connectivity index (χ0n) is 8.68. The lowest BCUT2D eigenvalue weighted by Gasteiger charge is -2.15. The summed E-state index contributed by atoms with van der Waals surface area (Å²) in [5.41, 5.74) is 5.81. The molecule has 0 aromatic rings. The normalized spacial score (nSPS) is 13.8. The summed E-state index contributed by atoms with van der Waals surface area (Å²) in [5.74, 6) is 0.524. The third-order valence-electron chi connectivity index (χ3n) is 2.06. The second kappa shape index (κ2) is 7.56. The van der Waals surface area contributed by atoms with Crippen LogP contribution in [0.3, 0.4) is 0 Å². The summed E-state index contributed by atoms with van der Waals surface area (Å²) in [4.78, 5) is 0. The van der Waals surface area contributed by atoms with Crippen molar-refractivity contribution < 1.29 is 4.74 Å². The maximum absolute atomic E-state index is 5.81. The predicted octanol–water partition coefficient (Wildman–Crippen LogP) is 2.18. The van der Waals surface area contributed by atoms with Crippen molar-refractivity contribution in [3.05, 3.63) is 0 Å². The van der Waals surface area contributed by atoms with E-state index >= 15 is 0 Å². The van der Waals surface area contributed by atoms with Gasteiger partial charge in [0.1, 0.15) is 0 Å². The van der Waals surface area contributed by atoms with Gasteiger partial charge in [0.25, 0.3) is 0 Å². The van der Waals surface area contributed by atoms with Gasteiger partial charge in [-0.3, -0.25) is 0 Å². The van der Waals surface area contributed by atoms with Crippen LogP contribution in [0.1, 0.15) is 40.0 Å². The van der Waals surface area contributed by atoms with Crippen LogP contribution in [-0.4, -0.2) is 19.3 Å². The summed E-state index contributed by atoms with van der Waals surface area (Å²) in [7, 11) is 0. The standard InChI is InChI=1S/C10H23NO/c1-4-5-6-7-12-8-10(11)9(2)3/h9-10H,4-8,11H2,1-3H3. The van der Waals surface area contributed by atoms with E-state index in [0.29, 0.717) is 12.5 Å². The Hall–Kier alpha value is -0.0800. The average molecular weight is 173 g/mol. The molecule has 0 aromatic heterocycles. The molecule has 0 saturated heterocycles. The van der Waals surface area contributed by atoms with Crippen LogP contribution in [0.2, 0.25) is 0 Å². The van der Waals surface area contributed by atoms with E-state index in [1.807, 2.05) is 0 Å². The van der Waals surface area contributed by atoms with Crippen molar-refractivity contribution in [1.29, 1.82) is 0 Å². The lowest BCUT2D eigenvalue weighted by molar-refractivity contribution is 0.106. The van der Waals surface area contributed by atoms with E-state index in [2.05, 4.69) is 20.8 Å². The molecule has 0 aliphatic carbocycles. The number of ether oxygens (including phenoxy) is 1.